The van der Waals surface area contributed by atoms with Gasteiger partial charge in [0.25, 0.3) is 0 Å². The average Bonchev–Trinajstić information content (AvgIpc) is 2.48. The van der Waals surface area contributed by atoms with Gasteiger partial charge in [-0.25, -0.2) is 4.79 Å². The van der Waals surface area contributed by atoms with Crippen molar-refractivity contribution in [2.24, 2.45) is 0 Å². The summed E-state index contributed by atoms with van der Waals surface area (Å²) in [6, 6.07) is 5.55. The zero-order chi connectivity index (χ0) is 18.6. The zero-order valence-corrected chi connectivity index (χ0v) is 15.3. The topological polar surface area (TPSA) is 67.9 Å². The lowest BCUT2D eigenvalue weighted by Crippen LogP contribution is -2.61. The molecule has 1 aliphatic rings. The van der Waals surface area contributed by atoms with Crippen LogP contribution in [0.3, 0.4) is 0 Å². The minimum atomic E-state index is -0.516. The number of benzene rings is 1. The second kappa shape index (κ2) is 7.59. The Morgan fingerprint density at radius 3 is 2.60 bits per heavy atom. The molecule has 0 spiro atoms. The summed E-state index contributed by atoms with van der Waals surface area (Å²) < 4.78 is 10.6. The highest BCUT2D eigenvalue weighted by Gasteiger charge is 2.34. The molecule has 1 aromatic carbocycles. The lowest BCUT2D eigenvalue weighted by atomic mass is 10.0. The van der Waals surface area contributed by atoms with Crippen molar-refractivity contribution < 1.29 is 19.1 Å². The normalized spacial score (nSPS) is 14.5. The van der Waals surface area contributed by atoms with Gasteiger partial charge in [-0.3, -0.25) is 4.79 Å². The van der Waals surface area contributed by atoms with E-state index in [-0.39, 0.29) is 24.5 Å². The Morgan fingerprint density at radius 1 is 1.36 bits per heavy atom. The largest absolute Gasteiger partial charge is 0.496 e. The fraction of sp³-hybridized carbons (Fsp3) is 0.474. The Kier molecular flexibility index (Phi) is 5.72. The van der Waals surface area contributed by atoms with E-state index in [0.29, 0.717) is 18.8 Å². The van der Waals surface area contributed by atoms with Crippen molar-refractivity contribution in [2.75, 3.05) is 20.2 Å². The number of methoxy groups -OCH3 is 1. The first-order valence-corrected chi connectivity index (χ1v) is 8.28. The average molecular weight is 346 g/mol. The summed E-state index contributed by atoms with van der Waals surface area (Å²) in [5, 5.41) is 2.93. The molecule has 25 heavy (non-hydrogen) atoms. The van der Waals surface area contributed by atoms with Crippen LogP contribution in [0, 0.1) is 0 Å². The van der Waals surface area contributed by atoms with Crippen LogP contribution in [0.15, 0.2) is 24.8 Å². The van der Waals surface area contributed by atoms with Gasteiger partial charge in [0.15, 0.2) is 0 Å². The number of rotatable bonds is 5. The van der Waals surface area contributed by atoms with E-state index in [1.54, 1.807) is 18.1 Å². The molecule has 0 saturated carbocycles. The first-order valence-electron chi connectivity index (χ1n) is 8.28. The zero-order valence-electron chi connectivity index (χ0n) is 15.3. The van der Waals surface area contributed by atoms with Gasteiger partial charge in [-0.2, -0.15) is 0 Å². The molecule has 0 radical (unpaired) electrons. The number of hydrogen-bond acceptors (Lipinski definition) is 4. The second-order valence-electron chi connectivity index (χ2n) is 7.10. The summed E-state index contributed by atoms with van der Waals surface area (Å²) in [5.74, 6) is 0.568. The van der Waals surface area contributed by atoms with Gasteiger partial charge in [-0.15, -0.1) is 0 Å². The van der Waals surface area contributed by atoms with Gasteiger partial charge in [0.1, 0.15) is 11.4 Å². The molecule has 1 fully saturated rings. The first kappa shape index (κ1) is 18.8. The highest BCUT2D eigenvalue weighted by molar-refractivity contribution is 5.80. The van der Waals surface area contributed by atoms with Crippen LogP contribution in [0.2, 0.25) is 0 Å². The number of likely N-dealkylation sites (tertiary alicyclic amines) is 1. The molecular formula is C19H26N2O4. The Balaban J connectivity index is 1.85. The molecule has 0 aromatic heterocycles. The fourth-order valence-corrected chi connectivity index (χ4v) is 2.56. The predicted octanol–water partition coefficient (Wildman–Crippen LogP) is 2.62. The highest BCUT2D eigenvalue weighted by atomic mass is 16.6. The molecule has 0 aliphatic carbocycles. The van der Waals surface area contributed by atoms with Gasteiger partial charge in [0.2, 0.25) is 5.91 Å². The minimum absolute atomic E-state index is 0.0476. The summed E-state index contributed by atoms with van der Waals surface area (Å²) in [6.07, 6.45) is 1.59. The van der Waals surface area contributed by atoms with E-state index in [1.807, 2.05) is 39.0 Å². The van der Waals surface area contributed by atoms with Crippen LogP contribution in [-0.4, -0.2) is 48.7 Å². The molecule has 136 valence electrons. The molecule has 1 aromatic rings. The SMILES string of the molecule is C=Cc1ccc(OC)c(CC(=O)NC2CN(C(=O)OC(C)(C)C)C2)c1. The molecule has 6 nitrogen and oxygen atoms in total. The third kappa shape index (κ3) is 5.24. The first-order chi connectivity index (χ1) is 11.7. The van der Waals surface area contributed by atoms with Crippen LogP contribution in [0.1, 0.15) is 31.9 Å². The Morgan fingerprint density at radius 2 is 2.04 bits per heavy atom. The molecule has 1 N–H and O–H groups in total. The number of nitrogens with zero attached hydrogens (tertiary/aromatic N) is 1. The van der Waals surface area contributed by atoms with Crippen LogP contribution in [-0.2, 0) is 16.0 Å². The lowest BCUT2D eigenvalue weighted by molar-refractivity contribution is -0.122. The van der Waals surface area contributed by atoms with E-state index in [4.69, 9.17) is 9.47 Å². The molecule has 1 aliphatic heterocycles. The van der Waals surface area contributed by atoms with Crippen molar-refractivity contribution in [3.05, 3.63) is 35.9 Å². The minimum Gasteiger partial charge on any atom is -0.496 e. The molecule has 0 atom stereocenters. The van der Waals surface area contributed by atoms with Crippen LogP contribution in [0.5, 0.6) is 5.75 Å². The van der Waals surface area contributed by atoms with E-state index < -0.39 is 5.60 Å². The van der Waals surface area contributed by atoms with E-state index >= 15 is 0 Å². The third-order valence-electron chi connectivity index (χ3n) is 3.79. The summed E-state index contributed by atoms with van der Waals surface area (Å²) >= 11 is 0. The molecule has 6 heteroatoms. The van der Waals surface area contributed by atoms with Crippen LogP contribution in [0.25, 0.3) is 6.08 Å². The molecule has 2 rings (SSSR count). The van der Waals surface area contributed by atoms with Crippen molar-refractivity contribution in [3.8, 4) is 5.75 Å². The van der Waals surface area contributed by atoms with Crippen LogP contribution >= 0.6 is 0 Å². The van der Waals surface area contributed by atoms with Gasteiger partial charge in [0, 0.05) is 18.7 Å². The van der Waals surface area contributed by atoms with Gasteiger partial charge in [-0.05, 0) is 38.5 Å². The molecule has 1 saturated heterocycles. The summed E-state index contributed by atoms with van der Waals surface area (Å²) in [6.45, 7) is 10.1. The van der Waals surface area contributed by atoms with Crippen LogP contribution < -0.4 is 10.1 Å². The van der Waals surface area contributed by atoms with Gasteiger partial charge in [0.05, 0.1) is 19.6 Å². The highest BCUT2D eigenvalue weighted by Crippen LogP contribution is 2.21. The number of ether oxygens (including phenoxy) is 2. The van der Waals surface area contributed by atoms with Crippen molar-refractivity contribution in [1.29, 1.82) is 0 Å². The van der Waals surface area contributed by atoms with Gasteiger partial charge < -0.3 is 19.7 Å². The second-order valence-corrected chi connectivity index (χ2v) is 7.10. The number of nitrogens with one attached hydrogen (secondary N) is 1. The van der Waals surface area contributed by atoms with E-state index in [1.165, 1.54) is 0 Å². The lowest BCUT2D eigenvalue weighted by Gasteiger charge is -2.40. The monoisotopic (exact) mass is 346 g/mol. The maximum Gasteiger partial charge on any atom is 0.410 e. The molecule has 0 bridgehead atoms. The predicted molar refractivity (Wildman–Crippen MR) is 96.5 cm³/mol. The fourth-order valence-electron chi connectivity index (χ4n) is 2.56. The summed E-state index contributed by atoms with van der Waals surface area (Å²) in [7, 11) is 1.58. The van der Waals surface area contributed by atoms with Crippen molar-refractivity contribution in [3.63, 3.8) is 0 Å². The van der Waals surface area contributed by atoms with E-state index in [2.05, 4.69) is 11.9 Å². The summed E-state index contributed by atoms with van der Waals surface area (Å²) in [5.41, 5.74) is 1.22. The Labute approximate surface area is 148 Å². The van der Waals surface area contributed by atoms with Gasteiger partial charge in [-0.1, -0.05) is 18.7 Å². The van der Waals surface area contributed by atoms with E-state index in [0.717, 1.165) is 11.1 Å². The molecule has 1 heterocycles. The Hall–Kier alpha value is -2.50. The summed E-state index contributed by atoms with van der Waals surface area (Å²) in [4.78, 5) is 25.7. The maximum atomic E-state index is 12.3. The van der Waals surface area contributed by atoms with Crippen molar-refractivity contribution >= 4 is 18.1 Å². The van der Waals surface area contributed by atoms with Crippen molar-refractivity contribution in [1.82, 2.24) is 10.2 Å². The molecular weight excluding hydrogens is 320 g/mol. The van der Waals surface area contributed by atoms with Gasteiger partial charge >= 0.3 is 6.09 Å². The molecule has 0 unspecified atom stereocenters. The maximum absolute atomic E-state index is 12.3. The third-order valence-corrected chi connectivity index (χ3v) is 3.79. The Bertz CT molecular complexity index is 658. The smallest absolute Gasteiger partial charge is 0.410 e. The number of amides is 2. The standard InChI is InChI=1S/C19H26N2O4/c1-6-13-7-8-16(24-5)14(9-13)10-17(22)20-15-11-21(12-15)18(23)25-19(2,3)4/h6-9,15H,1,10-12H2,2-5H3,(H,20,22). The number of carbonyl (C=O) groups is 2. The van der Waals surface area contributed by atoms with Crippen molar-refractivity contribution in [2.45, 2.75) is 38.8 Å². The number of hydrogen-bond donors (Lipinski definition) is 1. The molecule has 2 amide bonds. The van der Waals surface area contributed by atoms with Crippen LogP contribution in [0.4, 0.5) is 4.79 Å². The van der Waals surface area contributed by atoms with E-state index in [9.17, 15) is 9.59 Å². The number of carbonyl (C=O) groups excluding carboxylic acids is 2. The quantitative estimate of drug-likeness (QED) is 0.890.